The van der Waals surface area contributed by atoms with Gasteiger partial charge in [0, 0.05) is 17.1 Å². The third-order valence-electron chi connectivity index (χ3n) is 6.92. The molecule has 1 aliphatic rings. The van der Waals surface area contributed by atoms with Crippen molar-refractivity contribution < 1.29 is 19.0 Å². The van der Waals surface area contributed by atoms with Crippen molar-refractivity contribution >= 4 is 29.3 Å². The number of benzene rings is 3. The second-order valence-electron chi connectivity index (χ2n) is 9.73. The Morgan fingerprint density at radius 3 is 2.32 bits per heavy atom. The number of rotatable bonds is 9. The van der Waals surface area contributed by atoms with Gasteiger partial charge >= 0.3 is 0 Å². The molecular formula is C31H33N5O4S. The average Bonchev–Trinajstić information content (AvgIpc) is 3.38. The molecule has 10 heteroatoms. The molecule has 2 heterocycles. The van der Waals surface area contributed by atoms with E-state index in [1.807, 2.05) is 69.3 Å². The highest BCUT2D eigenvalue weighted by atomic mass is 32.2. The average molecular weight is 572 g/mol. The standard InChI is InChI=1S/C31H33N5O4S/c1-18-12-13-23(19(2)14-18)33-29(37)26-20(3)32-30-34-31(41-17-21-10-8-7-9-11-21)35-36(30)27(26)22-15-24(38-4)28(40-6)25(16-22)39-5/h7-16,27H,17H2,1-6H3,(H,33,37)(H,32,34,35)/t27-/m1/s1. The largest absolute Gasteiger partial charge is 0.493 e. The highest BCUT2D eigenvalue weighted by molar-refractivity contribution is 7.98. The van der Waals surface area contributed by atoms with Gasteiger partial charge in [-0.1, -0.05) is 59.8 Å². The Morgan fingerprint density at radius 1 is 0.976 bits per heavy atom. The topological polar surface area (TPSA) is 99.5 Å². The van der Waals surface area contributed by atoms with E-state index in [4.69, 9.17) is 24.3 Å². The van der Waals surface area contributed by atoms with Gasteiger partial charge in [0.2, 0.25) is 16.9 Å². The number of carbonyl (C=O) groups is 1. The number of thioether (sulfide) groups is 1. The van der Waals surface area contributed by atoms with Gasteiger partial charge in [0.1, 0.15) is 6.04 Å². The van der Waals surface area contributed by atoms with Crippen LogP contribution in [-0.2, 0) is 10.5 Å². The summed E-state index contributed by atoms with van der Waals surface area (Å²) in [4.78, 5) is 18.8. The highest BCUT2D eigenvalue weighted by Gasteiger charge is 2.36. The number of amides is 1. The Hall–Kier alpha value is -4.44. The van der Waals surface area contributed by atoms with Crippen LogP contribution in [0.2, 0.25) is 0 Å². The molecule has 1 aliphatic heterocycles. The monoisotopic (exact) mass is 571 g/mol. The van der Waals surface area contributed by atoms with Gasteiger partial charge in [0.05, 0.1) is 26.9 Å². The molecule has 0 fully saturated rings. The van der Waals surface area contributed by atoms with Crippen LogP contribution in [0, 0.1) is 13.8 Å². The summed E-state index contributed by atoms with van der Waals surface area (Å²) in [5, 5.41) is 11.9. The lowest BCUT2D eigenvalue weighted by molar-refractivity contribution is -0.113. The summed E-state index contributed by atoms with van der Waals surface area (Å²) < 4.78 is 18.6. The third-order valence-corrected chi connectivity index (χ3v) is 7.83. The Bertz CT molecular complexity index is 1590. The lowest BCUT2D eigenvalue weighted by Gasteiger charge is -2.29. The van der Waals surface area contributed by atoms with Crippen molar-refractivity contribution in [3.63, 3.8) is 0 Å². The third kappa shape index (κ3) is 5.74. The number of nitrogens with one attached hydrogen (secondary N) is 2. The zero-order chi connectivity index (χ0) is 29.1. The molecule has 0 radical (unpaired) electrons. The molecule has 4 aromatic rings. The van der Waals surface area contributed by atoms with Crippen LogP contribution in [0.15, 0.2) is 77.1 Å². The molecule has 1 aromatic heterocycles. The number of ether oxygens (including phenoxy) is 3. The minimum atomic E-state index is -0.621. The first-order valence-electron chi connectivity index (χ1n) is 13.1. The molecule has 0 spiro atoms. The lowest BCUT2D eigenvalue weighted by Crippen LogP contribution is -2.31. The van der Waals surface area contributed by atoms with Gasteiger partial charge in [-0.15, -0.1) is 5.10 Å². The fraction of sp³-hybridized carbons (Fsp3) is 0.258. The number of carbonyl (C=O) groups excluding carboxylic acids is 1. The normalized spacial score (nSPS) is 14.2. The Morgan fingerprint density at radius 2 is 1.68 bits per heavy atom. The van der Waals surface area contributed by atoms with Gasteiger partial charge in [-0.3, -0.25) is 4.79 Å². The van der Waals surface area contributed by atoms with Crippen molar-refractivity contribution in [2.45, 2.75) is 37.7 Å². The Labute approximate surface area is 243 Å². The minimum Gasteiger partial charge on any atom is -0.493 e. The Balaban J connectivity index is 1.59. The molecule has 0 unspecified atom stereocenters. The molecule has 5 rings (SSSR count). The number of fused-ring (bicyclic) bond motifs is 1. The number of aryl methyl sites for hydroxylation is 2. The van der Waals surface area contributed by atoms with Crippen LogP contribution < -0.4 is 24.8 Å². The summed E-state index contributed by atoms with van der Waals surface area (Å²) in [5.41, 5.74) is 5.91. The number of allylic oxidation sites excluding steroid dienone is 1. The van der Waals surface area contributed by atoms with Crippen LogP contribution in [0.3, 0.4) is 0 Å². The van der Waals surface area contributed by atoms with Gasteiger partial charge in [-0.2, -0.15) is 4.98 Å². The van der Waals surface area contributed by atoms with Gasteiger partial charge in [-0.25, -0.2) is 4.68 Å². The van der Waals surface area contributed by atoms with Crippen LogP contribution >= 0.6 is 11.8 Å². The molecule has 0 saturated carbocycles. The summed E-state index contributed by atoms with van der Waals surface area (Å²) in [6.45, 7) is 5.87. The van der Waals surface area contributed by atoms with Crippen LogP contribution in [0.25, 0.3) is 0 Å². The maximum Gasteiger partial charge on any atom is 0.255 e. The molecule has 0 aliphatic carbocycles. The number of aromatic nitrogens is 3. The second kappa shape index (κ2) is 12.0. The van der Waals surface area contributed by atoms with E-state index in [2.05, 4.69) is 22.8 Å². The first-order valence-corrected chi connectivity index (χ1v) is 14.1. The van der Waals surface area contributed by atoms with Crippen LogP contribution in [0.4, 0.5) is 11.6 Å². The van der Waals surface area contributed by atoms with E-state index in [9.17, 15) is 4.79 Å². The van der Waals surface area contributed by atoms with Crippen LogP contribution in [0.5, 0.6) is 17.2 Å². The molecular weight excluding hydrogens is 538 g/mol. The van der Waals surface area contributed by atoms with E-state index in [-0.39, 0.29) is 5.91 Å². The first-order chi connectivity index (χ1) is 19.8. The van der Waals surface area contributed by atoms with Gasteiger partial charge < -0.3 is 24.8 Å². The molecule has 1 amide bonds. The SMILES string of the molecule is COc1cc([C@@H]2C(C(=O)Nc3ccc(C)cc3C)=C(C)Nc3nc(SCc4ccccc4)nn32)cc(OC)c1OC. The molecule has 2 N–H and O–H groups in total. The molecule has 3 aromatic carbocycles. The van der Waals surface area contributed by atoms with Crippen molar-refractivity contribution in [1.82, 2.24) is 14.8 Å². The number of methoxy groups -OCH3 is 3. The van der Waals surface area contributed by atoms with E-state index in [1.165, 1.54) is 17.3 Å². The van der Waals surface area contributed by atoms with Crippen molar-refractivity contribution in [3.05, 3.63) is 94.2 Å². The van der Waals surface area contributed by atoms with E-state index >= 15 is 0 Å². The maximum absolute atomic E-state index is 14.0. The minimum absolute atomic E-state index is 0.250. The summed E-state index contributed by atoms with van der Waals surface area (Å²) in [5.74, 6) is 2.43. The van der Waals surface area contributed by atoms with Crippen molar-refractivity contribution in [2.75, 3.05) is 32.0 Å². The molecule has 212 valence electrons. The fourth-order valence-corrected chi connectivity index (χ4v) is 5.70. The smallest absolute Gasteiger partial charge is 0.255 e. The van der Waals surface area contributed by atoms with Crippen molar-refractivity contribution in [2.24, 2.45) is 0 Å². The van der Waals surface area contributed by atoms with Gasteiger partial charge in [0.25, 0.3) is 5.91 Å². The van der Waals surface area contributed by atoms with Crippen LogP contribution in [0.1, 0.15) is 35.2 Å². The quantitative estimate of drug-likeness (QED) is 0.231. The maximum atomic E-state index is 14.0. The lowest BCUT2D eigenvalue weighted by atomic mass is 9.94. The predicted molar refractivity (Wildman–Crippen MR) is 161 cm³/mol. The number of nitrogens with zero attached hydrogens (tertiary/aromatic N) is 3. The van der Waals surface area contributed by atoms with Gasteiger partial charge in [-0.05, 0) is 55.7 Å². The Kier molecular flexibility index (Phi) is 8.21. The van der Waals surface area contributed by atoms with Gasteiger partial charge in [0.15, 0.2) is 11.5 Å². The number of hydrogen-bond donors (Lipinski definition) is 2. The molecule has 41 heavy (non-hydrogen) atoms. The number of hydrogen-bond acceptors (Lipinski definition) is 8. The second-order valence-corrected chi connectivity index (χ2v) is 10.7. The van der Waals surface area contributed by atoms with E-state index < -0.39 is 6.04 Å². The summed E-state index contributed by atoms with van der Waals surface area (Å²) in [6.07, 6.45) is 0. The van der Waals surface area contributed by atoms with Crippen molar-refractivity contribution in [1.29, 1.82) is 0 Å². The zero-order valence-corrected chi connectivity index (χ0v) is 24.8. The summed E-state index contributed by atoms with van der Waals surface area (Å²) in [6, 6.07) is 19.2. The molecule has 0 bridgehead atoms. The summed E-state index contributed by atoms with van der Waals surface area (Å²) >= 11 is 1.53. The highest BCUT2D eigenvalue weighted by Crippen LogP contribution is 2.44. The predicted octanol–water partition coefficient (Wildman–Crippen LogP) is 6.14. The van der Waals surface area contributed by atoms with E-state index in [1.54, 1.807) is 26.0 Å². The summed E-state index contributed by atoms with van der Waals surface area (Å²) in [7, 11) is 4.69. The molecule has 0 saturated heterocycles. The van der Waals surface area contributed by atoms with E-state index in [0.29, 0.717) is 45.4 Å². The fourth-order valence-electron chi connectivity index (χ4n) is 4.92. The van der Waals surface area contributed by atoms with E-state index in [0.717, 1.165) is 22.4 Å². The first kappa shape index (κ1) is 28.1. The van der Waals surface area contributed by atoms with Crippen LogP contribution in [-0.4, -0.2) is 42.0 Å². The zero-order valence-electron chi connectivity index (χ0n) is 23.9. The number of anilines is 2. The van der Waals surface area contributed by atoms with Crippen molar-refractivity contribution in [3.8, 4) is 17.2 Å². The molecule has 1 atom stereocenters. The molecule has 9 nitrogen and oxygen atoms in total.